The summed E-state index contributed by atoms with van der Waals surface area (Å²) in [5.41, 5.74) is 65.6. The van der Waals surface area contributed by atoms with Crippen molar-refractivity contribution in [2.75, 3.05) is 0 Å². The standard InChI is InChI=1S/2C23H24.4C22H22/c1-15-6-11-22(19(5)12-15)21-10-8-17(3)23(14-21)20-9-7-16(2)18(4)13-20;1-15-10-22(20-8-6-16(2)18(4)12-20)14-23(11-15)21-9-7-17(3)19(5)13-21;1-15-5-9-19(10-6-15)22-14-21(12-8-17(22)3)20-11-7-16(2)18(4)13-20;1-15-5-8-19(9-6-15)21-11-16(2)12-22(14-21)20-10-7-17(3)18(4)13-20;1-15-8-11-22(18(4)12-15)21-7-5-6-19(14-21)20-10-9-16(2)17(3)13-20;1-15-8-10-21(12-17(15)3)19-6-5-7-20(14-19)22-11-9-16(2)18(4)13-22/h2*6-14H,1-5H3;4*5-14H,1-4H3. The average Bonchev–Trinajstić information content (AvgIpc) is 0.589. The van der Waals surface area contributed by atoms with Gasteiger partial charge in [0.2, 0.25) is 0 Å². The molecule has 0 unspecified atom stereocenters. The Morgan fingerprint density at radius 3 is 0.567 bits per heavy atom. The molecule has 0 atom stereocenters. The van der Waals surface area contributed by atoms with Gasteiger partial charge in [-0.05, 0) is 472 Å². The molecule has 0 heterocycles. The summed E-state index contributed by atoms with van der Waals surface area (Å²) in [5.74, 6) is 0. The smallest absolute Gasteiger partial charge is 0.0148 e. The van der Waals surface area contributed by atoms with Crippen molar-refractivity contribution >= 4 is 0 Å². The zero-order valence-electron chi connectivity index (χ0n) is 84.5. The second-order valence-electron chi connectivity index (χ2n) is 38.2. The minimum atomic E-state index is 1.28. The highest BCUT2D eigenvalue weighted by Crippen LogP contribution is 2.39. The molecule has 0 heteroatoms. The van der Waals surface area contributed by atoms with Crippen LogP contribution in [0.25, 0.3) is 134 Å². The zero-order valence-corrected chi connectivity index (χ0v) is 84.5. The fourth-order valence-electron chi connectivity index (χ4n) is 17.3. The van der Waals surface area contributed by atoms with Crippen LogP contribution in [-0.2, 0) is 0 Å². The maximum Gasteiger partial charge on any atom is -0.0148 e. The molecule has 0 aliphatic carbocycles. The quantitative estimate of drug-likeness (QED) is 0.114. The van der Waals surface area contributed by atoms with Crippen LogP contribution in [0, 0.1) is 180 Å². The van der Waals surface area contributed by atoms with Gasteiger partial charge in [-0.25, -0.2) is 0 Å². The van der Waals surface area contributed by atoms with Gasteiger partial charge in [-0.1, -0.05) is 338 Å². The second kappa shape index (κ2) is 44.0. The molecule has 0 radical (unpaired) electrons. The summed E-state index contributed by atoms with van der Waals surface area (Å²) in [6.45, 7) is 56.3. The number of aryl methyl sites for hydroxylation is 26. The van der Waals surface area contributed by atoms with Gasteiger partial charge in [-0.15, -0.1) is 0 Å². The van der Waals surface area contributed by atoms with Crippen LogP contribution < -0.4 is 0 Å². The number of benzene rings is 18. The van der Waals surface area contributed by atoms with Crippen molar-refractivity contribution in [3.63, 3.8) is 0 Å². The van der Waals surface area contributed by atoms with Gasteiger partial charge >= 0.3 is 0 Å². The maximum atomic E-state index is 2.33. The van der Waals surface area contributed by atoms with Crippen LogP contribution in [0.3, 0.4) is 0 Å². The van der Waals surface area contributed by atoms with Gasteiger partial charge in [0.05, 0.1) is 0 Å². The second-order valence-corrected chi connectivity index (χ2v) is 38.2. The fraction of sp³-hybridized carbons (Fsp3) is 0.194. The third-order valence-electron chi connectivity index (χ3n) is 27.2. The first kappa shape index (κ1) is 97.5. The summed E-state index contributed by atoms with van der Waals surface area (Å²) in [6, 6.07) is 129. The van der Waals surface area contributed by atoms with Gasteiger partial charge in [-0.2, -0.15) is 0 Å². The Hall–Kier alpha value is -14.0. The Morgan fingerprint density at radius 1 is 0.0821 bits per heavy atom. The molecule has 0 saturated carbocycles. The Morgan fingerprint density at radius 2 is 0.269 bits per heavy atom. The molecule has 0 bridgehead atoms. The van der Waals surface area contributed by atoms with Gasteiger partial charge in [-0.3, -0.25) is 0 Å². The first-order valence-electron chi connectivity index (χ1n) is 47.6. The molecular formula is C134H136. The van der Waals surface area contributed by atoms with E-state index in [4.69, 9.17) is 0 Å². The number of hydrogen-bond acceptors (Lipinski definition) is 0. The molecule has 0 aromatic heterocycles. The summed E-state index contributed by atoms with van der Waals surface area (Å²) in [7, 11) is 0. The van der Waals surface area contributed by atoms with Crippen molar-refractivity contribution in [3.05, 3.63) is 496 Å². The van der Waals surface area contributed by atoms with E-state index in [2.05, 4.69) is 532 Å². The monoisotopic (exact) mass is 1750 g/mol. The lowest BCUT2D eigenvalue weighted by Gasteiger charge is -2.13. The van der Waals surface area contributed by atoms with Crippen molar-refractivity contribution < 1.29 is 0 Å². The topological polar surface area (TPSA) is 0 Å². The average molecular weight is 1750 g/mol. The van der Waals surface area contributed by atoms with Gasteiger partial charge in [0.15, 0.2) is 0 Å². The molecule has 18 rings (SSSR count). The Kier molecular flexibility index (Phi) is 32.0. The number of rotatable bonds is 12. The molecule has 0 aliphatic heterocycles. The Labute approximate surface area is 804 Å². The third-order valence-corrected chi connectivity index (χ3v) is 27.2. The minimum Gasteiger partial charge on any atom is -0.0610 e. The summed E-state index contributed by atoms with van der Waals surface area (Å²) in [5, 5.41) is 0. The lowest BCUT2D eigenvalue weighted by atomic mass is 9.92. The van der Waals surface area contributed by atoms with Crippen LogP contribution in [0.2, 0.25) is 0 Å². The molecule has 0 amide bonds. The summed E-state index contributed by atoms with van der Waals surface area (Å²) in [6.07, 6.45) is 0. The van der Waals surface area contributed by atoms with Gasteiger partial charge in [0, 0.05) is 0 Å². The molecule has 672 valence electrons. The van der Waals surface area contributed by atoms with Crippen LogP contribution in [0.5, 0.6) is 0 Å². The Bertz CT molecular complexity index is 7110. The van der Waals surface area contributed by atoms with E-state index in [0.29, 0.717) is 0 Å². The highest BCUT2D eigenvalue weighted by molar-refractivity contribution is 5.83. The molecular weight excluding hydrogens is 1610 g/mol. The first-order valence-corrected chi connectivity index (χ1v) is 47.6. The van der Waals surface area contributed by atoms with E-state index in [1.807, 2.05) is 0 Å². The third kappa shape index (κ3) is 25.0. The van der Waals surface area contributed by atoms with E-state index < -0.39 is 0 Å². The van der Waals surface area contributed by atoms with Gasteiger partial charge in [0.25, 0.3) is 0 Å². The molecule has 0 N–H and O–H groups in total. The molecule has 0 fully saturated rings. The molecule has 0 nitrogen and oxygen atoms in total. The summed E-state index contributed by atoms with van der Waals surface area (Å²) in [4.78, 5) is 0. The summed E-state index contributed by atoms with van der Waals surface area (Å²) < 4.78 is 0. The predicted molar refractivity (Wildman–Crippen MR) is 587 cm³/mol. The van der Waals surface area contributed by atoms with Crippen molar-refractivity contribution in [2.24, 2.45) is 0 Å². The minimum absolute atomic E-state index is 1.28. The van der Waals surface area contributed by atoms with E-state index in [0.717, 1.165) is 0 Å². The zero-order chi connectivity index (χ0) is 95.9. The van der Waals surface area contributed by atoms with Crippen LogP contribution in [0.1, 0.15) is 145 Å². The lowest BCUT2D eigenvalue weighted by Crippen LogP contribution is -1.90. The van der Waals surface area contributed by atoms with Crippen molar-refractivity contribution in [2.45, 2.75) is 180 Å². The van der Waals surface area contributed by atoms with Gasteiger partial charge in [0.1, 0.15) is 0 Å². The molecule has 18 aromatic rings. The maximum absolute atomic E-state index is 2.33. The highest BCUT2D eigenvalue weighted by Gasteiger charge is 2.15. The van der Waals surface area contributed by atoms with Crippen LogP contribution in [0.4, 0.5) is 0 Å². The SMILES string of the molecule is Cc1cc(-c2ccc(C)c(C)c2)cc(-c2ccc(C)c(C)c2)c1.Cc1ccc(-c2cc(-c3ccc(C)c(C)c3)ccc2C)cc1.Cc1ccc(-c2cc(C)cc(-c3ccc(C)c(C)c3)c2)cc1.Cc1ccc(-c2ccc(C)c(-c3ccc(C)c(C)c3)c2)c(C)c1.Cc1ccc(-c2cccc(-c3ccc(C)c(C)c3)c2)c(C)c1.Cc1ccc(-c2cccc(-c3ccc(C)c(C)c3)c2)cc1C. The predicted octanol–water partition coefficient (Wildman–Crippen LogP) is 38.1. The van der Waals surface area contributed by atoms with Crippen molar-refractivity contribution in [1.29, 1.82) is 0 Å². The molecule has 0 saturated heterocycles. The molecule has 0 aliphatic rings. The fourth-order valence-corrected chi connectivity index (χ4v) is 17.3. The van der Waals surface area contributed by atoms with Gasteiger partial charge < -0.3 is 0 Å². The lowest BCUT2D eigenvalue weighted by molar-refractivity contribution is 1.33. The molecule has 134 heavy (non-hydrogen) atoms. The molecule has 18 aromatic carbocycles. The largest absolute Gasteiger partial charge is 0.0610 e. The van der Waals surface area contributed by atoms with Crippen LogP contribution >= 0.6 is 0 Å². The van der Waals surface area contributed by atoms with Crippen molar-refractivity contribution in [3.8, 4) is 134 Å². The van der Waals surface area contributed by atoms with E-state index >= 15 is 0 Å². The van der Waals surface area contributed by atoms with Crippen LogP contribution in [0.15, 0.2) is 352 Å². The van der Waals surface area contributed by atoms with Crippen LogP contribution in [-0.4, -0.2) is 0 Å². The highest BCUT2D eigenvalue weighted by atomic mass is 14.2. The van der Waals surface area contributed by atoms with E-state index in [1.54, 1.807) is 0 Å². The molecule has 0 spiro atoms. The summed E-state index contributed by atoms with van der Waals surface area (Å²) >= 11 is 0. The van der Waals surface area contributed by atoms with Crippen molar-refractivity contribution in [1.82, 2.24) is 0 Å². The first-order chi connectivity index (χ1) is 64.0. The normalized spacial score (nSPS) is 10.8. The van der Waals surface area contributed by atoms with E-state index in [-0.39, 0.29) is 0 Å². The van der Waals surface area contributed by atoms with E-state index in [9.17, 15) is 0 Å². The Balaban J connectivity index is 0.000000136. The van der Waals surface area contributed by atoms with E-state index in [1.165, 1.54) is 278 Å². The number of hydrogen-bond donors (Lipinski definition) is 0.